The van der Waals surface area contributed by atoms with Crippen LogP contribution < -0.4 is 4.74 Å². The lowest BCUT2D eigenvalue weighted by atomic mass is 10.1. The number of esters is 1. The number of rotatable bonds is 4. The zero-order valence-corrected chi connectivity index (χ0v) is 11.6. The number of ether oxygens (including phenoxy) is 2. The van der Waals surface area contributed by atoms with Gasteiger partial charge < -0.3 is 9.47 Å². The maximum Gasteiger partial charge on any atom is 0.574 e. The van der Waals surface area contributed by atoms with Crippen molar-refractivity contribution >= 4 is 17.6 Å². The molecule has 22 heavy (non-hydrogen) atoms. The van der Waals surface area contributed by atoms with E-state index in [2.05, 4.69) is 14.5 Å². The van der Waals surface area contributed by atoms with Crippen LogP contribution in [0.1, 0.15) is 18.1 Å². The van der Waals surface area contributed by atoms with Gasteiger partial charge in [-0.05, 0) is 6.92 Å². The molecule has 0 fully saturated rings. The van der Waals surface area contributed by atoms with Gasteiger partial charge in [-0.15, -0.1) is 13.2 Å². The van der Waals surface area contributed by atoms with Crippen molar-refractivity contribution in [1.82, 2.24) is 4.98 Å². The molecule has 0 amide bonds. The average molecular weight is 352 g/mol. The fourth-order valence-electron chi connectivity index (χ4n) is 1.46. The second-order valence-electron chi connectivity index (χ2n) is 3.80. The molecule has 1 rings (SSSR count). The largest absolute Gasteiger partial charge is 0.574 e. The predicted octanol–water partition coefficient (Wildman–Crippen LogP) is 3.76. The molecule has 0 unspecified atom stereocenters. The number of nitrogens with zero attached hydrogens (tertiary/aromatic N) is 1. The zero-order chi connectivity index (χ0) is 17.1. The van der Waals surface area contributed by atoms with Gasteiger partial charge in [-0.1, -0.05) is 11.6 Å². The lowest BCUT2D eigenvalue weighted by molar-refractivity contribution is -0.276. The molecule has 0 saturated heterocycles. The van der Waals surface area contributed by atoms with E-state index >= 15 is 0 Å². The molecule has 0 atom stereocenters. The van der Waals surface area contributed by atoms with Crippen molar-refractivity contribution in [3.8, 4) is 5.88 Å². The van der Waals surface area contributed by atoms with E-state index in [0.29, 0.717) is 0 Å². The van der Waals surface area contributed by atoms with Gasteiger partial charge in [-0.25, -0.2) is 4.98 Å². The van der Waals surface area contributed by atoms with Crippen LogP contribution in [0.4, 0.5) is 26.3 Å². The highest BCUT2D eigenvalue weighted by Crippen LogP contribution is 2.39. The van der Waals surface area contributed by atoms with E-state index in [1.54, 1.807) is 0 Å². The van der Waals surface area contributed by atoms with Crippen LogP contribution in [0.15, 0.2) is 6.20 Å². The Morgan fingerprint density at radius 1 is 1.27 bits per heavy atom. The molecule has 0 N–H and O–H groups in total. The molecule has 1 heterocycles. The number of halogens is 7. The van der Waals surface area contributed by atoms with Crippen LogP contribution in [-0.4, -0.2) is 23.9 Å². The number of hydrogen-bond donors (Lipinski definition) is 0. The van der Waals surface area contributed by atoms with Crippen LogP contribution in [0.2, 0.25) is 5.02 Å². The second kappa shape index (κ2) is 6.59. The summed E-state index contributed by atoms with van der Waals surface area (Å²) in [5.74, 6) is -2.36. The molecule has 0 spiro atoms. The van der Waals surface area contributed by atoms with Gasteiger partial charge in [0.05, 0.1) is 18.6 Å². The van der Waals surface area contributed by atoms with Gasteiger partial charge in [0.2, 0.25) is 5.88 Å². The molecule has 1 aromatic rings. The smallest absolute Gasteiger partial charge is 0.466 e. The van der Waals surface area contributed by atoms with Crippen molar-refractivity contribution in [2.45, 2.75) is 25.9 Å². The quantitative estimate of drug-likeness (QED) is 0.612. The summed E-state index contributed by atoms with van der Waals surface area (Å²) in [7, 11) is 0. The van der Waals surface area contributed by atoms with Crippen LogP contribution in [-0.2, 0) is 22.1 Å². The average Bonchev–Trinajstić information content (AvgIpc) is 2.31. The molecule has 124 valence electrons. The summed E-state index contributed by atoms with van der Waals surface area (Å²) in [5.41, 5.74) is -2.35. The van der Waals surface area contributed by atoms with Crippen molar-refractivity contribution in [2.24, 2.45) is 0 Å². The molecule has 0 saturated carbocycles. The van der Waals surface area contributed by atoms with Crippen LogP contribution in [0.5, 0.6) is 5.88 Å². The Balaban J connectivity index is 3.32. The highest BCUT2D eigenvalue weighted by Gasteiger charge is 2.39. The first-order valence-corrected chi connectivity index (χ1v) is 5.99. The Hall–Kier alpha value is -1.71. The van der Waals surface area contributed by atoms with Crippen LogP contribution >= 0.6 is 11.6 Å². The summed E-state index contributed by atoms with van der Waals surface area (Å²) in [5, 5.41) is -1.06. The summed E-state index contributed by atoms with van der Waals surface area (Å²) < 4.78 is 82.8. The first-order valence-electron chi connectivity index (χ1n) is 5.61. The van der Waals surface area contributed by atoms with Crippen molar-refractivity contribution in [2.75, 3.05) is 6.61 Å². The van der Waals surface area contributed by atoms with E-state index in [9.17, 15) is 31.1 Å². The summed E-state index contributed by atoms with van der Waals surface area (Å²) in [6.45, 7) is 1.30. The number of carbonyl (C=O) groups excluding carboxylic acids is 1. The maximum atomic E-state index is 12.8. The van der Waals surface area contributed by atoms with Gasteiger partial charge in [0, 0.05) is 11.8 Å². The monoisotopic (exact) mass is 351 g/mol. The van der Waals surface area contributed by atoms with Crippen molar-refractivity contribution < 1.29 is 40.6 Å². The molecular weight excluding hydrogens is 344 g/mol. The first kappa shape index (κ1) is 18.3. The summed E-state index contributed by atoms with van der Waals surface area (Å²) >= 11 is 5.48. The zero-order valence-electron chi connectivity index (χ0n) is 10.8. The van der Waals surface area contributed by atoms with E-state index in [4.69, 9.17) is 11.6 Å². The summed E-state index contributed by atoms with van der Waals surface area (Å²) in [4.78, 5) is 14.2. The molecule has 0 aliphatic rings. The van der Waals surface area contributed by atoms with E-state index < -0.39 is 47.0 Å². The predicted molar refractivity (Wildman–Crippen MR) is 61.3 cm³/mol. The third-order valence-corrected chi connectivity index (χ3v) is 2.62. The number of pyridine rings is 1. The second-order valence-corrected chi connectivity index (χ2v) is 4.17. The molecule has 11 heteroatoms. The first-order chi connectivity index (χ1) is 9.95. The summed E-state index contributed by atoms with van der Waals surface area (Å²) in [6, 6.07) is 0. The molecule has 0 radical (unpaired) electrons. The Morgan fingerprint density at radius 2 is 1.86 bits per heavy atom. The number of alkyl halides is 6. The minimum absolute atomic E-state index is 0.113. The van der Waals surface area contributed by atoms with E-state index in [-0.39, 0.29) is 12.8 Å². The van der Waals surface area contributed by atoms with E-state index in [0.717, 1.165) is 0 Å². The van der Waals surface area contributed by atoms with Gasteiger partial charge in [0.15, 0.2) is 0 Å². The number of aromatic nitrogens is 1. The Bertz CT molecular complexity index is 558. The Morgan fingerprint density at radius 3 is 2.32 bits per heavy atom. The molecular formula is C11H8ClF6NO3. The van der Waals surface area contributed by atoms with E-state index in [1.807, 2.05) is 0 Å². The van der Waals surface area contributed by atoms with Gasteiger partial charge in [0.25, 0.3) is 0 Å². The van der Waals surface area contributed by atoms with Crippen molar-refractivity contribution in [1.29, 1.82) is 0 Å². The lowest BCUT2D eigenvalue weighted by Crippen LogP contribution is -2.20. The van der Waals surface area contributed by atoms with Crippen LogP contribution in [0.3, 0.4) is 0 Å². The SMILES string of the molecule is CCOC(=O)Cc1c(C(F)(F)F)cnc(OC(F)(F)F)c1Cl. The van der Waals surface area contributed by atoms with Gasteiger partial charge in [0.1, 0.15) is 5.02 Å². The Labute approximate surface area is 125 Å². The topological polar surface area (TPSA) is 48.4 Å². The number of hydrogen-bond acceptors (Lipinski definition) is 4. The minimum Gasteiger partial charge on any atom is -0.466 e. The fourth-order valence-corrected chi connectivity index (χ4v) is 1.72. The highest BCUT2D eigenvalue weighted by atomic mass is 35.5. The lowest BCUT2D eigenvalue weighted by Gasteiger charge is -2.16. The van der Waals surface area contributed by atoms with E-state index in [1.165, 1.54) is 6.92 Å². The highest BCUT2D eigenvalue weighted by molar-refractivity contribution is 6.32. The van der Waals surface area contributed by atoms with Crippen molar-refractivity contribution in [3.63, 3.8) is 0 Å². The maximum absolute atomic E-state index is 12.8. The molecule has 0 aliphatic carbocycles. The Kier molecular flexibility index (Phi) is 5.49. The van der Waals surface area contributed by atoms with Crippen LogP contribution in [0, 0.1) is 0 Å². The molecule has 0 bridgehead atoms. The van der Waals surface area contributed by atoms with Gasteiger partial charge in [-0.2, -0.15) is 13.2 Å². The molecule has 0 aromatic carbocycles. The fraction of sp³-hybridized carbons (Fsp3) is 0.455. The molecule has 0 aliphatic heterocycles. The van der Waals surface area contributed by atoms with Gasteiger partial charge in [-0.3, -0.25) is 4.79 Å². The third-order valence-electron chi connectivity index (χ3n) is 2.23. The normalized spacial score (nSPS) is 12.2. The summed E-state index contributed by atoms with van der Waals surface area (Å²) in [6.07, 6.45) is -11.0. The molecule has 1 aromatic heterocycles. The number of carbonyl (C=O) groups is 1. The minimum atomic E-state index is -5.20. The van der Waals surface area contributed by atoms with Crippen molar-refractivity contribution in [3.05, 3.63) is 22.3 Å². The third kappa shape index (κ3) is 4.93. The standard InChI is InChI=1S/C11H8ClF6NO3/c1-2-21-7(20)3-5-6(10(13,14)15)4-19-9(8(5)12)22-11(16,17)18/h4H,2-3H2,1H3. The van der Waals surface area contributed by atoms with Gasteiger partial charge >= 0.3 is 18.5 Å². The van der Waals surface area contributed by atoms with Crippen LogP contribution in [0.25, 0.3) is 0 Å². The molecule has 4 nitrogen and oxygen atoms in total.